The number of hydrogen-bond donors (Lipinski definition) is 0. The van der Waals surface area contributed by atoms with Crippen LogP contribution >= 0.6 is 22.6 Å². The third kappa shape index (κ3) is 16.5. The summed E-state index contributed by atoms with van der Waals surface area (Å²) in [5, 5.41) is 1.18. The van der Waals surface area contributed by atoms with Crippen LogP contribution in [0.5, 0.6) is 5.75 Å². The molecule has 39 heavy (non-hydrogen) atoms. The Morgan fingerprint density at radius 3 is 2.23 bits per heavy atom. The van der Waals surface area contributed by atoms with E-state index in [2.05, 4.69) is 89.6 Å². The van der Waals surface area contributed by atoms with Crippen LogP contribution in [0.2, 0.25) is 56.5 Å². The van der Waals surface area contributed by atoms with Crippen LogP contribution in [0.3, 0.4) is 0 Å². The number of rotatable bonds is 17. The Balaban J connectivity index is 0.000000439. The fourth-order valence-corrected chi connectivity index (χ4v) is 5.37. The van der Waals surface area contributed by atoms with Crippen LogP contribution in [0.25, 0.3) is 11.0 Å². The molecular weight excluding hydrogens is 638 g/mol. The summed E-state index contributed by atoms with van der Waals surface area (Å²) in [6.45, 7) is 18.0. The number of alkyl halides is 1. The second-order valence-corrected chi connectivity index (χ2v) is 23.8. The molecule has 0 aliphatic heterocycles. The second-order valence-electron chi connectivity index (χ2n) is 11.6. The molecule has 0 aliphatic rings. The molecule has 2 aromatic rings. The van der Waals surface area contributed by atoms with E-state index in [1.165, 1.54) is 17.3 Å². The van der Waals surface area contributed by atoms with Crippen LogP contribution in [0, 0.1) is 0 Å². The molecular formula is C27H46ILiN2O6Si2. The van der Waals surface area contributed by atoms with E-state index in [4.69, 9.17) is 23.7 Å². The van der Waals surface area contributed by atoms with Crippen molar-refractivity contribution < 1.29 is 28.5 Å². The van der Waals surface area contributed by atoms with Crippen molar-refractivity contribution in [1.82, 2.24) is 9.97 Å². The molecule has 0 radical (unpaired) electrons. The van der Waals surface area contributed by atoms with Crippen LogP contribution in [-0.2, 0) is 18.9 Å². The maximum absolute atomic E-state index is 12.3. The minimum absolute atomic E-state index is 0.0664. The standard InChI is InChI=1S/C17H24N2O4Si.C10H22IO2Si.Li/c1-5-22-17(20)15-14(23-12-21-9-10-24(2,3)4)11-19-13-7-6-8-18-16(13)15;1-5-10(8-11)13-9-12-6-7-14(2,3)4;/h6-8,11H,5,9-10,12H2,1-4H3;10H,1,5-9H2,2-4H3;. The molecule has 2 rings (SSSR count). The van der Waals surface area contributed by atoms with Crippen LogP contribution < -0.4 is 4.74 Å². The van der Waals surface area contributed by atoms with E-state index in [9.17, 15) is 4.79 Å². The number of ether oxygens (including phenoxy) is 5. The van der Waals surface area contributed by atoms with Gasteiger partial charge in [0.1, 0.15) is 11.1 Å². The fourth-order valence-electron chi connectivity index (χ4n) is 3.16. The van der Waals surface area contributed by atoms with Gasteiger partial charge in [-0.25, -0.2) is 4.79 Å². The van der Waals surface area contributed by atoms with E-state index in [0.717, 1.165) is 23.5 Å². The second kappa shape index (κ2) is 19.6. The topological polar surface area (TPSA) is 89.0 Å². The molecule has 12 heteroatoms. The number of carbonyl (C=O) groups is 1. The Kier molecular flexibility index (Phi) is 18.3. The van der Waals surface area contributed by atoms with Gasteiger partial charge in [0, 0.05) is 20.9 Å². The fraction of sp³-hybridized carbons (Fsp3) is 0.667. The van der Waals surface area contributed by atoms with Gasteiger partial charge in [-0.2, -0.15) is 0 Å². The van der Waals surface area contributed by atoms with E-state index in [1.807, 2.05) is 0 Å². The first kappa shape index (κ1) is 36.5. The predicted octanol–water partition coefficient (Wildman–Crippen LogP) is 6.59. The van der Waals surface area contributed by atoms with E-state index < -0.39 is 22.1 Å². The average molecular weight is 685 g/mol. The Morgan fingerprint density at radius 1 is 1.03 bits per heavy atom. The number of pyridine rings is 2. The quantitative estimate of drug-likeness (QED) is 0.0461. The third-order valence-electron chi connectivity index (χ3n) is 5.53. The van der Waals surface area contributed by atoms with Gasteiger partial charge in [-0.05, 0) is 25.1 Å². The Labute approximate surface area is 260 Å². The van der Waals surface area contributed by atoms with Crippen LogP contribution in [0.1, 0.15) is 23.7 Å². The maximum atomic E-state index is 12.3. The van der Waals surface area contributed by atoms with Gasteiger partial charge in [0.15, 0.2) is 12.5 Å². The summed E-state index contributed by atoms with van der Waals surface area (Å²) in [4.78, 5) is 20.8. The van der Waals surface area contributed by atoms with Crippen molar-refractivity contribution in [3.05, 3.63) is 30.1 Å². The van der Waals surface area contributed by atoms with Crippen molar-refractivity contribution in [3.8, 4) is 5.75 Å². The number of fused-ring (bicyclic) bond motifs is 1. The van der Waals surface area contributed by atoms with Gasteiger partial charge in [0.25, 0.3) is 0 Å². The molecule has 1 atom stereocenters. The van der Waals surface area contributed by atoms with E-state index in [-0.39, 0.29) is 19.0 Å². The first-order valence-electron chi connectivity index (χ1n) is 13.8. The molecule has 216 valence electrons. The van der Waals surface area contributed by atoms with Gasteiger partial charge >= 0.3 is 125 Å². The molecule has 0 N–H and O–H groups in total. The number of aromatic nitrogens is 2. The normalized spacial score (nSPS) is 12.6. The molecule has 0 amide bonds. The molecule has 2 heterocycles. The third-order valence-corrected chi connectivity index (χ3v) is 9.92. The molecule has 0 spiro atoms. The van der Waals surface area contributed by atoms with Crippen molar-refractivity contribution in [3.63, 3.8) is 0 Å². The predicted molar refractivity (Wildman–Crippen MR) is 173 cm³/mol. The van der Waals surface area contributed by atoms with Gasteiger partial charge in [0.05, 0.1) is 18.3 Å². The number of carbonyl (C=O) groups excluding carboxylic acids is 1. The van der Waals surface area contributed by atoms with Gasteiger partial charge in [-0.1, -0.05) is 19.6 Å². The first-order chi connectivity index (χ1) is 18.4. The monoisotopic (exact) mass is 684 g/mol. The number of esters is 1. The molecule has 0 aliphatic carbocycles. The van der Waals surface area contributed by atoms with Crippen molar-refractivity contribution in [2.75, 3.05) is 37.8 Å². The Hall–Kier alpha value is -0.529. The Bertz CT molecular complexity index is 975. The molecule has 1 unspecified atom stereocenters. The van der Waals surface area contributed by atoms with Crippen LogP contribution in [0.4, 0.5) is 0 Å². The summed E-state index contributed by atoms with van der Waals surface area (Å²) in [6, 6.07) is 5.83. The summed E-state index contributed by atoms with van der Waals surface area (Å²) < 4.78 is 28.5. The number of halogens is 1. The average Bonchev–Trinajstić information content (AvgIpc) is 2.86. The summed E-state index contributed by atoms with van der Waals surface area (Å²) in [5.74, 6) is -0.145. The molecule has 0 bridgehead atoms. The van der Waals surface area contributed by atoms with Crippen molar-refractivity contribution in [2.24, 2.45) is 0 Å². The number of nitrogens with zero attached hydrogens (tertiary/aromatic N) is 2. The number of hydrogen-bond acceptors (Lipinski definition) is 8. The molecule has 0 saturated heterocycles. The molecule has 0 aromatic carbocycles. The molecule has 0 saturated carbocycles. The van der Waals surface area contributed by atoms with Crippen molar-refractivity contribution in [1.29, 1.82) is 0 Å². The molecule has 8 nitrogen and oxygen atoms in total. The minimum atomic E-state index is -1.14. The Morgan fingerprint density at radius 2 is 1.67 bits per heavy atom. The van der Waals surface area contributed by atoms with E-state index in [1.54, 1.807) is 25.3 Å². The van der Waals surface area contributed by atoms with E-state index in [0.29, 0.717) is 36.3 Å². The van der Waals surface area contributed by atoms with E-state index >= 15 is 0 Å². The summed E-state index contributed by atoms with van der Waals surface area (Å²) in [6.07, 6.45) is 4.64. The van der Waals surface area contributed by atoms with Crippen LogP contribution in [-0.4, -0.2) is 93.7 Å². The SMILES string of the molecule is CCOC(=O)c1c(OCOCC[Si](C)(C)C)cnc2cccnc12.[Li][CH2]CC(CI)OCOCC[Si](C)(C)C. The van der Waals surface area contributed by atoms with Crippen molar-refractivity contribution >= 4 is 73.5 Å². The summed E-state index contributed by atoms with van der Waals surface area (Å²) >= 11 is 4.56. The first-order valence-corrected chi connectivity index (χ1v) is 22.7. The molecule has 2 aromatic heterocycles. The van der Waals surface area contributed by atoms with Gasteiger partial charge < -0.3 is 14.2 Å². The zero-order valence-electron chi connectivity index (χ0n) is 25.2. The van der Waals surface area contributed by atoms with Gasteiger partial charge in [-0.3, -0.25) is 9.97 Å². The van der Waals surface area contributed by atoms with Crippen LogP contribution in [0.15, 0.2) is 24.5 Å². The van der Waals surface area contributed by atoms with Gasteiger partial charge in [-0.15, -0.1) is 0 Å². The zero-order valence-corrected chi connectivity index (χ0v) is 29.3. The van der Waals surface area contributed by atoms with Gasteiger partial charge in [0.2, 0.25) is 0 Å². The zero-order chi connectivity index (χ0) is 29.3. The molecule has 0 fully saturated rings. The van der Waals surface area contributed by atoms with Crippen molar-refractivity contribution in [2.45, 2.75) is 75.9 Å². The summed E-state index contributed by atoms with van der Waals surface area (Å²) in [7, 11) is -2.08. The summed E-state index contributed by atoms with van der Waals surface area (Å²) in [5.41, 5.74) is 1.37.